The highest BCUT2D eigenvalue weighted by molar-refractivity contribution is 5.70. The van der Waals surface area contributed by atoms with Crippen molar-refractivity contribution >= 4 is 11.9 Å². The molecule has 0 aromatic rings. The summed E-state index contributed by atoms with van der Waals surface area (Å²) in [5, 5.41) is 9.73. The number of hydrogen-bond acceptors (Lipinski definition) is 5. The van der Waals surface area contributed by atoms with Crippen molar-refractivity contribution in [1.82, 2.24) is 0 Å². The lowest BCUT2D eigenvalue weighted by Crippen LogP contribution is -2.28. The van der Waals surface area contributed by atoms with Crippen molar-refractivity contribution in [2.24, 2.45) is 0 Å². The van der Waals surface area contributed by atoms with Crippen LogP contribution in [0.3, 0.4) is 0 Å². The molecule has 516 valence electrons. The van der Waals surface area contributed by atoms with Gasteiger partial charge in [0.05, 0.1) is 6.61 Å². The van der Waals surface area contributed by atoms with Gasteiger partial charge in [-0.1, -0.05) is 402 Å². The van der Waals surface area contributed by atoms with Crippen molar-refractivity contribution in [3.8, 4) is 0 Å². The molecule has 0 fully saturated rings. The Morgan fingerprint density at radius 2 is 0.455 bits per heavy atom. The molecule has 0 spiro atoms. The maximum Gasteiger partial charge on any atom is 0.306 e. The summed E-state index contributed by atoms with van der Waals surface area (Å²) in [7, 11) is 0. The van der Waals surface area contributed by atoms with Crippen molar-refractivity contribution in [2.75, 3.05) is 13.2 Å². The average Bonchev–Trinajstić information content (AvgIpc) is 3.56. The molecular formula is C83H154O5. The molecular weight excluding hydrogens is 1080 g/mol. The molecule has 0 heterocycles. The number of carbonyl (C=O) groups is 2. The normalized spacial score (nSPS) is 12.4. The summed E-state index contributed by atoms with van der Waals surface area (Å²) in [6.45, 7) is 4.18. The largest absolute Gasteiger partial charge is 0.462 e. The van der Waals surface area contributed by atoms with E-state index in [0.717, 1.165) is 57.8 Å². The Morgan fingerprint density at radius 3 is 0.682 bits per heavy atom. The van der Waals surface area contributed by atoms with E-state index in [9.17, 15) is 14.7 Å². The van der Waals surface area contributed by atoms with Gasteiger partial charge in [0.15, 0.2) is 6.10 Å². The molecule has 0 aromatic carbocycles. The van der Waals surface area contributed by atoms with Crippen LogP contribution in [0, 0.1) is 0 Å². The fourth-order valence-corrected chi connectivity index (χ4v) is 12.3. The molecule has 0 saturated heterocycles. The van der Waals surface area contributed by atoms with Crippen LogP contribution in [-0.2, 0) is 19.1 Å². The maximum atomic E-state index is 12.4. The Hall–Kier alpha value is -2.40. The fraction of sp³-hybridized carbons (Fsp3) is 0.855. The summed E-state index contributed by atoms with van der Waals surface area (Å²) in [6, 6.07) is 0. The molecule has 0 radical (unpaired) electrons. The van der Waals surface area contributed by atoms with Gasteiger partial charge in [-0.25, -0.2) is 0 Å². The van der Waals surface area contributed by atoms with Crippen LogP contribution in [-0.4, -0.2) is 36.4 Å². The van der Waals surface area contributed by atoms with Crippen LogP contribution in [0.15, 0.2) is 60.8 Å². The first-order valence-corrected chi connectivity index (χ1v) is 39.8. The fourth-order valence-electron chi connectivity index (χ4n) is 12.3. The van der Waals surface area contributed by atoms with Crippen molar-refractivity contribution in [1.29, 1.82) is 0 Å². The molecule has 5 nitrogen and oxygen atoms in total. The highest BCUT2D eigenvalue weighted by Gasteiger charge is 2.16. The molecule has 0 aromatic heterocycles. The van der Waals surface area contributed by atoms with Crippen LogP contribution in [0.5, 0.6) is 0 Å². The zero-order valence-electron chi connectivity index (χ0n) is 59.5. The molecule has 0 amide bonds. The lowest BCUT2D eigenvalue weighted by Gasteiger charge is -2.15. The summed E-state index contributed by atoms with van der Waals surface area (Å²) >= 11 is 0. The molecule has 1 N–H and O–H groups in total. The number of hydrogen-bond donors (Lipinski definition) is 1. The van der Waals surface area contributed by atoms with E-state index in [1.165, 1.54) is 353 Å². The Balaban J connectivity index is 3.37. The van der Waals surface area contributed by atoms with Gasteiger partial charge in [-0.3, -0.25) is 9.59 Å². The zero-order chi connectivity index (χ0) is 63.3. The van der Waals surface area contributed by atoms with Gasteiger partial charge in [-0.15, -0.1) is 0 Å². The topological polar surface area (TPSA) is 72.8 Å². The number of esters is 2. The molecule has 0 rings (SSSR count). The third-order valence-electron chi connectivity index (χ3n) is 18.3. The van der Waals surface area contributed by atoms with Crippen molar-refractivity contribution < 1.29 is 24.2 Å². The second kappa shape index (κ2) is 78.8. The van der Waals surface area contributed by atoms with Gasteiger partial charge in [-0.2, -0.15) is 0 Å². The second-order valence-corrected chi connectivity index (χ2v) is 27.1. The van der Waals surface area contributed by atoms with E-state index in [4.69, 9.17) is 9.47 Å². The maximum absolute atomic E-state index is 12.4. The van der Waals surface area contributed by atoms with E-state index < -0.39 is 6.10 Å². The van der Waals surface area contributed by atoms with E-state index in [-0.39, 0.29) is 25.2 Å². The Bertz CT molecular complexity index is 1490. The third-order valence-corrected chi connectivity index (χ3v) is 18.3. The first-order valence-electron chi connectivity index (χ1n) is 39.8. The van der Waals surface area contributed by atoms with E-state index >= 15 is 0 Å². The van der Waals surface area contributed by atoms with E-state index in [2.05, 4.69) is 74.6 Å². The summed E-state index contributed by atoms with van der Waals surface area (Å²) in [4.78, 5) is 24.7. The zero-order valence-corrected chi connectivity index (χ0v) is 59.5. The van der Waals surface area contributed by atoms with Crippen molar-refractivity contribution in [3.63, 3.8) is 0 Å². The van der Waals surface area contributed by atoms with E-state index in [0.29, 0.717) is 12.8 Å². The molecule has 0 aliphatic carbocycles. The molecule has 0 saturated carbocycles. The average molecular weight is 1230 g/mol. The smallest absolute Gasteiger partial charge is 0.306 e. The number of allylic oxidation sites excluding steroid dienone is 10. The first kappa shape index (κ1) is 85.6. The quantitative estimate of drug-likeness (QED) is 0.0373. The molecule has 0 aliphatic rings. The number of rotatable bonds is 75. The predicted octanol–water partition coefficient (Wildman–Crippen LogP) is 28.0. The highest BCUT2D eigenvalue weighted by Crippen LogP contribution is 2.20. The Morgan fingerprint density at radius 1 is 0.261 bits per heavy atom. The Labute approximate surface area is 551 Å². The number of unbranched alkanes of at least 4 members (excludes halogenated alkanes) is 57. The van der Waals surface area contributed by atoms with Crippen LogP contribution in [0.25, 0.3) is 0 Å². The van der Waals surface area contributed by atoms with Crippen LogP contribution in [0.1, 0.15) is 438 Å². The predicted molar refractivity (Wildman–Crippen MR) is 390 cm³/mol. The standard InChI is InChI=1S/C83H154O5/c1-3-5-7-9-11-13-15-17-19-21-23-25-27-29-31-33-35-37-38-39-40-41-42-43-44-46-48-50-52-54-56-58-60-62-64-66-68-70-72-74-76-78-83(86)88-81(79-84)80-87-82(85)77-75-73-71-69-67-65-63-61-59-57-55-53-51-49-47-45-36-34-32-30-28-26-24-22-20-18-16-14-12-10-8-6-4-2/h15-18,21-24,27,29,81,84H,3-14,19-20,25-26,28,30-80H2,1-2H3/b17-15-,18-16-,23-21-,24-22-,29-27-. The van der Waals surface area contributed by atoms with Crippen molar-refractivity contribution in [2.45, 2.75) is 444 Å². The Kier molecular flexibility index (Phi) is 76.7. The minimum Gasteiger partial charge on any atom is -0.462 e. The lowest BCUT2D eigenvalue weighted by atomic mass is 10.0. The van der Waals surface area contributed by atoms with E-state index in [1.54, 1.807) is 0 Å². The summed E-state index contributed by atoms with van der Waals surface area (Å²) < 4.78 is 10.8. The molecule has 1 atom stereocenters. The summed E-state index contributed by atoms with van der Waals surface area (Å²) in [6.07, 6.45) is 109. The van der Waals surface area contributed by atoms with E-state index in [1.807, 2.05) is 0 Å². The third kappa shape index (κ3) is 76.1. The lowest BCUT2D eigenvalue weighted by molar-refractivity contribution is -0.161. The number of aliphatic hydroxyl groups is 1. The molecule has 5 heteroatoms. The number of carbonyl (C=O) groups excluding carboxylic acids is 2. The van der Waals surface area contributed by atoms with Crippen LogP contribution in [0.4, 0.5) is 0 Å². The monoisotopic (exact) mass is 1230 g/mol. The minimum atomic E-state index is -0.771. The van der Waals surface area contributed by atoms with Crippen molar-refractivity contribution in [3.05, 3.63) is 60.8 Å². The van der Waals surface area contributed by atoms with Gasteiger partial charge in [0.1, 0.15) is 6.61 Å². The molecule has 0 aliphatic heterocycles. The summed E-state index contributed by atoms with van der Waals surface area (Å²) in [5.74, 6) is -0.564. The van der Waals surface area contributed by atoms with Gasteiger partial charge in [0, 0.05) is 12.8 Å². The molecule has 0 bridgehead atoms. The van der Waals surface area contributed by atoms with Gasteiger partial charge in [-0.05, 0) is 83.5 Å². The van der Waals surface area contributed by atoms with Crippen LogP contribution < -0.4 is 0 Å². The molecule has 88 heavy (non-hydrogen) atoms. The first-order chi connectivity index (χ1) is 43.6. The van der Waals surface area contributed by atoms with Gasteiger partial charge < -0.3 is 14.6 Å². The van der Waals surface area contributed by atoms with Crippen LogP contribution >= 0.6 is 0 Å². The number of aliphatic hydroxyl groups excluding tert-OH is 1. The van der Waals surface area contributed by atoms with Gasteiger partial charge in [0.25, 0.3) is 0 Å². The molecule has 1 unspecified atom stereocenters. The van der Waals surface area contributed by atoms with Gasteiger partial charge in [0.2, 0.25) is 0 Å². The van der Waals surface area contributed by atoms with Crippen LogP contribution in [0.2, 0.25) is 0 Å². The SMILES string of the molecule is CCCCCCC/C=C\C/C=C\C/C=C\CCCCCCCCCCCCCCCCCCCCCCCCCCCCC(=O)OC(CO)COC(=O)CCCCCCCCCCCCCCCCCCCCCCC/C=C\C/C=C\CCCCCCC. The minimum absolute atomic E-state index is 0.0597. The van der Waals surface area contributed by atoms with Gasteiger partial charge >= 0.3 is 11.9 Å². The second-order valence-electron chi connectivity index (χ2n) is 27.1. The summed E-state index contributed by atoms with van der Waals surface area (Å²) in [5.41, 5.74) is 0. The highest BCUT2D eigenvalue weighted by atomic mass is 16.6. The number of ether oxygens (including phenoxy) is 2.